The lowest BCUT2D eigenvalue weighted by molar-refractivity contribution is -0.0756. The van der Waals surface area contributed by atoms with E-state index in [1.165, 1.54) is 24.3 Å². The Morgan fingerprint density at radius 2 is 1.72 bits per heavy atom. The first-order chi connectivity index (χ1) is 8.39. The summed E-state index contributed by atoms with van der Waals surface area (Å²) in [4.78, 5) is 12.0. The van der Waals surface area contributed by atoms with Gasteiger partial charge in [0.1, 0.15) is 11.5 Å². The number of allylic oxidation sites excluding steroid dienone is 2. The minimum Gasteiger partial charge on any atom is -0.508 e. The van der Waals surface area contributed by atoms with E-state index in [1.807, 2.05) is 0 Å². The van der Waals surface area contributed by atoms with Crippen molar-refractivity contribution >= 4 is 5.78 Å². The molecule has 0 bridgehead atoms. The van der Waals surface area contributed by atoms with Gasteiger partial charge in [-0.1, -0.05) is 12.2 Å². The van der Waals surface area contributed by atoms with Crippen LogP contribution in [-0.4, -0.2) is 32.0 Å². The van der Waals surface area contributed by atoms with Crippen LogP contribution in [0.2, 0.25) is 0 Å². The van der Waals surface area contributed by atoms with Crippen LogP contribution >= 0.6 is 0 Å². The van der Waals surface area contributed by atoms with E-state index in [2.05, 4.69) is 0 Å². The lowest BCUT2D eigenvalue weighted by atomic mass is 9.91. The van der Waals surface area contributed by atoms with Crippen molar-refractivity contribution in [3.8, 4) is 11.5 Å². The molecule has 5 nitrogen and oxygen atoms in total. The van der Waals surface area contributed by atoms with Crippen molar-refractivity contribution in [1.82, 2.24) is 0 Å². The third kappa shape index (κ3) is 2.42. The molecule has 2 rings (SSSR count). The maximum absolute atomic E-state index is 12.0. The van der Waals surface area contributed by atoms with Gasteiger partial charge in [-0.15, -0.1) is 0 Å². The van der Waals surface area contributed by atoms with Gasteiger partial charge in [-0.05, 0) is 24.3 Å². The zero-order chi connectivity index (χ0) is 13.3. The highest BCUT2D eigenvalue weighted by Gasteiger charge is 2.25. The van der Waals surface area contributed by atoms with Gasteiger partial charge in [0.05, 0.1) is 11.5 Å². The second-order valence-electron chi connectivity index (χ2n) is 4.09. The Hall–Kier alpha value is -2.11. The lowest BCUT2D eigenvalue weighted by Crippen LogP contribution is -2.26. The number of ketones is 1. The fourth-order valence-corrected chi connectivity index (χ4v) is 1.69. The van der Waals surface area contributed by atoms with Gasteiger partial charge in [0.15, 0.2) is 5.78 Å². The molecule has 1 aromatic carbocycles. The number of hydrogen-bond donors (Lipinski definition) is 4. The van der Waals surface area contributed by atoms with Crippen molar-refractivity contribution in [2.45, 2.75) is 5.79 Å². The van der Waals surface area contributed by atoms with Crippen LogP contribution in [0.25, 0.3) is 0 Å². The first-order valence-electron chi connectivity index (χ1n) is 5.29. The summed E-state index contributed by atoms with van der Waals surface area (Å²) < 4.78 is 0. The third-order valence-electron chi connectivity index (χ3n) is 2.65. The number of hydrogen-bond acceptors (Lipinski definition) is 5. The smallest absolute Gasteiger partial charge is 0.202 e. The van der Waals surface area contributed by atoms with Crippen LogP contribution in [0.5, 0.6) is 11.5 Å². The Morgan fingerprint density at radius 3 is 2.28 bits per heavy atom. The Labute approximate surface area is 103 Å². The van der Waals surface area contributed by atoms with E-state index in [4.69, 9.17) is 5.11 Å². The molecule has 0 saturated carbocycles. The first-order valence-corrected chi connectivity index (χ1v) is 5.29. The summed E-state index contributed by atoms with van der Waals surface area (Å²) in [5.74, 6) is -3.55. The van der Waals surface area contributed by atoms with Crippen LogP contribution in [0, 0.1) is 5.92 Å². The van der Waals surface area contributed by atoms with Gasteiger partial charge in [-0.2, -0.15) is 0 Å². The maximum atomic E-state index is 12.0. The average Bonchev–Trinajstić information content (AvgIpc) is 2.28. The van der Waals surface area contributed by atoms with Crippen molar-refractivity contribution in [3.05, 3.63) is 48.1 Å². The van der Waals surface area contributed by atoms with Gasteiger partial charge < -0.3 is 20.4 Å². The first kappa shape index (κ1) is 12.3. The molecule has 0 fully saturated rings. The molecule has 1 aromatic rings. The molecule has 0 heterocycles. The standard InChI is InChI=1S/C13H12O5/c14-9-1-2-10(11(15)7-9)12(16)8-3-5-13(17,18)6-4-8/h1-8,14-15,17-18H. The van der Waals surface area contributed by atoms with Crippen molar-refractivity contribution in [2.24, 2.45) is 5.92 Å². The Kier molecular flexibility index (Phi) is 2.94. The zero-order valence-corrected chi connectivity index (χ0v) is 9.32. The zero-order valence-electron chi connectivity index (χ0n) is 9.32. The molecule has 0 spiro atoms. The van der Waals surface area contributed by atoms with Crippen molar-refractivity contribution in [2.75, 3.05) is 0 Å². The van der Waals surface area contributed by atoms with E-state index < -0.39 is 17.5 Å². The number of phenols is 2. The molecule has 0 atom stereocenters. The van der Waals surface area contributed by atoms with Crippen LogP contribution in [-0.2, 0) is 0 Å². The molecular formula is C13H12O5. The van der Waals surface area contributed by atoms with Crippen LogP contribution in [0.3, 0.4) is 0 Å². The second-order valence-corrected chi connectivity index (χ2v) is 4.09. The molecule has 0 aliphatic heterocycles. The number of phenolic OH excluding ortho intramolecular Hbond substituents is 2. The molecule has 0 aromatic heterocycles. The summed E-state index contributed by atoms with van der Waals surface area (Å²) in [6, 6.07) is 3.69. The monoisotopic (exact) mass is 248 g/mol. The van der Waals surface area contributed by atoms with Gasteiger partial charge in [-0.25, -0.2) is 0 Å². The third-order valence-corrected chi connectivity index (χ3v) is 2.65. The highest BCUT2D eigenvalue weighted by Crippen LogP contribution is 2.27. The Balaban J connectivity index is 2.26. The molecule has 94 valence electrons. The SMILES string of the molecule is O=C(c1ccc(O)cc1O)C1C=CC(O)(O)C=C1. The summed E-state index contributed by atoms with van der Waals surface area (Å²) in [6.45, 7) is 0. The number of aliphatic hydroxyl groups is 2. The Morgan fingerprint density at radius 1 is 1.11 bits per heavy atom. The second kappa shape index (κ2) is 4.29. The van der Waals surface area contributed by atoms with Crippen LogP contribution < -0.4 is 0 Å². The molecule has 0 saturated heterocycles. The molecule has 1 aliphatic carbocycles. The van der Waals surface area contributed by atoms with E-state index in [-0.39, 0.29) is 17.1 Å². The van der Waals surface area contributed by atoms with Crippen molar-refractivity contribution in [1.29, 1.82) is 0 Å². The highest BCUT2D eigenvalue weighted by atomic mass is 16.5. The molecule has 0 unspecified atom stereocenters. The maximum Gasteiger partial charge on any atom is 0.202 e. The van der Waals surface area contributed by atoms with Crippen LogP contribution in [0.15, 0.2) is 42.5 Å². The molecule has 5 heteroatoms. The molecule has 1 aliphatic rings. The molecule has 4 N–H and O–H groups in total. The van der Waals surface area contributed by atoms with Gasteiger partial charge in [0.25, 0.3) is 0 Å². The normalized spacial score (nSPS) is 17.9. The topological polar surface area (TPSA) is 98.0 Å². The predicted molar refractivity (Wildman–Crippen MR) is 63.0 cm³/mol. The van der Waals surface area contributed by atoms with E-state index >= 15 is 0 Å². The average molecular weight is 248 g/mol. The van der Waals surface area contributed by atoms with Crippen LogP contribution in [0.4, 0.5) is 0 Å². The van der Waals surface area contributed by atoms with Gasteiger partial charge in [-0.3, -0.25) is 4.79 Å². The minimum atomic E-state index is -2.03. The molecular weight excluding hydrogens is 236 g/mol. The summed E-state index contributed by atoms with van der Waals surface area (Å²) in [5, 5.41) is 37.1. The highest BCUT2D eigenvalue weighted by molar-refractivity contribution is 6.02. The summed E-state index contributed by atoms with van der Waals surface area (Å²) in [7, 11) is 0. The number of aromatic hydroxyl groups is 2. The lowest BCUT2D eigenvalue weighted by Gasteiger charge is -2.19. The van der Waals surface area contributed by atoms with Crippen molar-refractivity contribution in [3.63, 3.8) is 0 Å². The molecule has 0 radical (unpaired) electrons. The number of carbonyl (C=O) groups excluding carboxylic acids is 1. The fraction of sp³-hybridized carbons (Fsp3) is 0.154. The molecule has 18 heavy (non-hydrogen) atoms. The van der Waals surface area contributed by atoms with Gasteiger partial charge in [0, 0.05) is 6.07 Å². The van der Waals surface area contributed by atoms with E-state index in [9.17, 15) is 20.1 Å². The van der Waals surface area contributed by atoms with Gasteiger partial charge in [0.2, 0.25) is 5.79 Å². The van der Waals surface area contributed by atoms with Gasteiger partial charge >= 0.3 is 0 Å². The van der Waals surface area contributed by atoms with E-state index in [0.29, 0.717) is 0 Å². The summed E-state index contributed by atoms with van der Waals surface area (Å²) in [6.07, 6.45) is 4.86. The van der Waals surface area contributed by atoms with E-state index in [1.54, 1.807) is 0 Å². The largest absolute Gasteiger partial charge is 0.508 e. The summed E-state index contributed by atoms with van der Waals surface area (Å²) >= 11 is 0. The van der Waals surface area contributed by atoms with Crippen LogP contribution in [0.1, 0.15) is 10.4 Å². The number of benzene rings is 1. The van der Waals surface area contributed by atoms with E-state index in [0.717, 1.165) is 18.2 Å². The van der Waals surface area contributed by atoms with Crippen molar-refractivity contribution < 1.29 is 25.2 Å². The number of rotatable bonds is 2. The quantitative estimate of drug-likeness (QED) is 0.351. The number of Topliss-reactive ketones (excluding diaryl/α,β-unsaturated/α-hetero) is 1. The summed E-state index contributed by atoms with van der Waals surface area (Å²) in [5.41, 5.74) is 0.0653. The fourth-order valence-electron chi connectivity index (χ4n) is 1.69. The molecule has 0 amide bonds. The number of carbonyl (C=O) groups is 1. The Bertz CT molecular complexity index is 526. The predicted octanol–water partition coefficient (Wildman–Crippen LogP) is 0.704. The minimum absolute atomic E-state index is 0.0653.